The summed E-state index contributed by atoms with van der Waals surface area (Å²) in [7, 11) is -2.29. The quantitative estimate of drug-likeness (QED) is 0.810. The molecule has 3 rings (SSSR count). The lowest BCUT2D eigenvalue weighted by Gasteiger charge is -2.27. The van der Waals surface area contributed by atoms with Crippen LogP contribution in [0.1, 0.15) is 5.82 Å². The normalized spacial score (nSPS) is 15.2. The van der Waals surface area contributed by atoms with Gasteiger partial charge in [0.15, 0.2) is 0 Å². The molecule has 1 aromatic heterocycles. The lowest BCUT2D eigenvalue weighted by Crippen LogP contribution is -2.37. The van der Waals surface area contributed by atoms with Crippen LogP contribution in [0.3, 0.4) is 0 Å². The average Bonchev–Trinajstić information content (AvgIpc) is 2.67. The summed E-state index contributed by atoms with van der Waals surface area (Å²) in [6.07, 6.45) is 1.63. The Labute approximate surface area is 146 Å². The van der Waals surface area contributed by atoms with E-state index in [9.17, 15) is 8.42 Å². The molecule has 0 saturated carbocycles. The lowest BCUT2D eigenvalue weighted by molar-refractivity contribution is 0.122. The van der Waals surface area contributed by atoms with Crippen LogP contribution in [0.5, 0.6) is 5.75 Å². The van der Waals surface area contributed by atoms with Crippen LogP contribution in [-0.2, 0) is 21.3 Å². The van der Waals surface area contributed by atoms with Gasteiger partial charge in [0.25, 0.3) is 0 Å². The molecule has 1 N–H and O–H groups in total. The zero-order valence-electron chi connectivity index (χ0n) is 13.9. The fourth-order valence-corrected chi connectivity index (χ4v) is 3.67. The summed E-state index contributed by atoms with van der Waals surface area (Å²) in [4.78, 5) is 10.8. The highest BCUT2D eigenvalue weighted by atomic mass is 32.2. The Morgan fingerprint density at radius 2 is 2.00 bits per heavy atom. The molecule has 134 valence electrons. The minimum Gasteiger partial charge on any atom is -0.495 e. The predicted molar refractivity (Wildman–Crippen MR) is 92.1 cm³/mol. The molecule has 0 unspecified atom stereocenters. The molecule has 2 heterocycles. The van der Waals surface area contributed by atoms with Crippen molar-refractivity contribution in [1.82, 2.24) is 14.7 Å². The molecule has 1 aliphatic rings. The fraction of sp³-hybridized carbons (Fsp3) is 0.375. The minimum absolute atomic E-state index is 0.00143. The first-order valence-electron chi connectivity index (χ1n) is 7.87. The van der Waals surface area contributed by atoms with E-state index in [1.807, 2.05) is 6.07 Å². The Morgan fingerprint density at radius 3 is 2.76 bits per heavy atom. The second-order valence-electron chi connectivity index (χ2n) is 5.41. The van der Waals surface area contributed by atoms with Crippen LogP contribution in [0.15, 0.2) is 41.4 Å². The van der Waals surface area contributed by atoms with Crippen molar-refractivity contribution in [3.05, 3.63) is 42.4 Å². The first-order chi connectivity index (χ1) is 12.1. The molecular formula is C16H20N4O4S. The number of rotatable bonds is 6. The van der Waals surface area contributed by atoms with Gasteiger partial charge in [-0.3, -0.25) is 0 Å². The number of hydrogen-bond donors (Lipinski definition) is 1. The van der Waals surface area contributed by atoms with Gasteiger partial charge in [-0.05, 0) is 18.2 Å². The van der Waals surface area contributed by atoms with Crippen molar-refractivity contribution in [3.63, 3.8) is 0 Å². The van der Waals surface area contributed by atoms with Crippen LogP contribution in [-0.4, -0.2) is 51.8 Å². The molecule has 0 aliphatic carbocycles. The van der Waals surface area contributed by atoms with E-state index in [1.54, 1.807) is 24.4 Å². The van der Waals surface area contributed by atoms with Crippen molar-refractivity contribution in [2.75, 3.05) is 38.3 Å². The van der Waals surface area contributed by atoms with E-state index in [0.29, 0.717) is 19.0 Å². The Balaban J connectivity index is 1.72. The number of morpholine rings is 1. The molecule has 9 heteroatoms. The van der Waals surface area contributed by atoms with Crippen LogP contribution in [0.2, 0.25) is 0 Å². The summed E-state index contributed by atoms with van der Waals surface area (Å²) in [5.41, 5.74) is 0. The van der Waals surface area contributed by atoms with Crippen molar-refractivity contribution in [2.45, 2.75) is 11.4 Å². The van der Waals surface area contributed by atoms with Crippen molar-refractivity contribution in [2.24, 2.45) is 0 Å². The highest BCUT2D eigenvalue weighted by Crippen LogP contribution is 2.22. The maximum atomic E-state index is 12.5. The Morgan fingerprint density at radius 1 is 1.24 bits per heavy atom. The molecule has 1 fully saturated rings. The number of para-hydroxylation sites is 1. The Kier molecular flexibility index (Phi) is 5.47. The highest BCUT2D eigenvalue weighted by Gasteiger charge is 2.19. The van der Waals surface area contributed by atoms with Gasteiger partial charge >= 0.3 is 0 Å². The first kappa shape index (κ1) is 17.6. The van der Waals surface area contributed by atoms with Gasteiger partial charge in [0, 0.05) is 19.3 Å². The molecule has 0 spiro atoms. The first-order valence-corrected chi connectivity index (χ1v) is 9.36. The van der Waals surface area contributed by atoms with E-state index < -0.39 is 10.0 Å². The van der Waals surface area contributed by atoms with E-state index in [0.717, 1.165) is 18.9 Å². The summed E-state index contributed by atoms with van der Waals surface area (Å²) in [6.45, 7) is 2.81. The number of nitrogens with zero attached hydrogens (tertiary/aromatic N) is 3. The molecule has 0 bridgehead atoms. The number of anilines is 1. The van der Waals surface area contributed by atoms with Crippen LogP contribution < -0.4 is 14.4 Å². The Hall–Kier alpha value is -2.23. The van der Waals surface area contributed by atoms with Crippen LogP contribution in [0.4, 0.5) is 5.82 Å². The Bertz CT molecular complexity index is 822. The van der Waals surface area contributed by atoms with Crippen molar-refractivity contribution < 1.29 is 17.9 Å². The summed E-state index contributed by atoms with van der Waals surface area (Å²) < 4.78 is 38.0. The van der Waals surface area contributed by atoms with E-state index >= 15 is 0 Å². The van der Waals surface area contributed by atoms with Gasteiger partial charge in [-0.25, -0.2) is 23.1 Å². The minimum atomic E-state index is -3.73. The molecule has 2 aromatic rings. The molecule has 8 nitrogen and oxygen atoms in total. The van der Waals surface area contributed by atoms with E-state index in [2.05, 4.69) is 19.6 Å². The van der Waals surface area contributed by atoms with Gasteiger partial charge in [0.05, 0.1) is 26.9 Å². The molecule has 0 radical (unpaired) electrons. The maximum absolute atomic E-state index is 12.5. The summed E-state index contributed by atoms with van der Waals surface area (Å²) in [6, 6.07) is 8.26. The van der Waals surface area contributed by atoms with Gasteiger partial charge in [0.1, 0.15) is 22.3 Å². The maximum Gasteiger partial charge on any atom is 0.244 e. The van der Waals surface area contributed by atoms with Gasteiger partial charge in [-0.2, -0.15) is 0 Å². The zero-order valence-corrected chi connectivity index (χ0v) is 14.7. The molecule has 0 amide bonds. The molecule has 25 heavy (non-hydrogen) atoms. The highest BCUT2D eigenvalue weighted by molar-refractivity contribution is 7.89. The molecule has 1 aromatic carbocycles. The van der Waals surface area contributed by atoms with Crippen molar-refractivity contribution in [1.29, 1.82) is 0 Å². The average molecular weight is 364 g/mol. The number of benzene rings is 1. The number of nitrogens with one attached hydrogen (secondary N) is 1. The summed E-state index contributed by atoms with van der Waals surface area (Å²) >= 11 is 0. The van der Waals surface area contributed by atoms with E-state index in [-0.39, 0.29) is 17.2 Å². The summed E-state index contributed by atoms with van der Waals surface area (Å²) in [5.74, 6) is 1.46. The topological polar surface area (TPSA) is 93.7 Å². The van der Waals surface area contributed by atoms with Crippen LogP contribution in [0, 0.1) is 0 Å². The smallest absolute Gasteiger partial charge is 0.244 e. The monoisotopic (exact) mass is 364 g/mol. The third-order valence-electron chi connectivity index (χ3n) is 3.80. The van der Waals surface area contributed by atoms with Crippen molar-refractivity contribution >= 4 is 15.8 Å². The largest absolute Gasteiger partial charge is 0.495 e. The molecule has 0 atom stereocenters. The molecule has 1 saturated heterocycles. The third-order valence-corrected chi connectivity index (χ3v) is 5.25. The number of sulfonamides is 1. The van der Waals surface area contributed by atoms with E-state index in [1.165, 1.54) is 13.2 Å². The second-order valence-corrected chi connectivity index (χ2v) is 7.14. The van der Waals surface area contributed by atoms with Gasteiger partial charge in [0.2, 0.25) is 10.0 Å². The van der Waals surface area contributed by atoms with Gasteiger partial charge in [-0.15, -0.1) is 0 Å². The SMILES string of the molecule is COc1ccccc1S(=O)(=O)NCc1nccc(N2CCOCC2)n1. The van der Waals surface area contributed by atoms with E-state index in [4.69, 9.17) is 9.47 Å². The molecular weight excluding hydrogens is 344 g/mol. The fourth-order valence-electron chi connectivity index (χ4n) is 2.52. The van der Waals surface area contributed by atoms with Crippen molar-refractivity contribution in [3.8, 4) is 5.75 Å². The number of ether oxygens (including phenoxy) is 2. The van der Waals surface area contributed by atoms with Gasteiger partial charge < -0.3 is 14.4 Å². The number of aromatic nitrogens is 2. The zero-order chi connectivity index (χ0) is 17.7. The van der Waals surface area contributed by atoms with Crippen LogP contribution in [0.25, 0.3) is 0 Å². The second kappa shape index (κ2) is 7.77. The lowest BCUT2D eigenvalue weighted by atomic mass is 10.3. The van der Waals surface area contributed by atoms with Crippen LogP contribution >= 0.6 is 0 Å². The van der Waals surface area contributed by atoms with Gasteiger partial charge in [-0.1, -0.05) is 12.1 Å². The summed E-state index contributed by atoms with van der Waals surface area (Å²) in [5, 5.41) is 0. The predicted octanol–water partition coefficient (Wildman–Crippen LogP) is 0.800. The standard InChI is InChI=1S/C16H20N4O4S/c1-23-13-4-2-3-5-14(13)25(21,22)18-12-15-17-7-6-16(19-15)20-8-10-24-11-9-20/h2-7,18H,8-12H2,1H3. The third kappa shape index (κ3) is 4.25. The number of hydrogen-bond acceptors (Lipinski definition) is 7. The molecule has 1 aliphatic heterocycles. The number of methoxy groups -OCH3 is 1.